The van der Waals surface area contributed by atoms with Crippen molar-refractivity contribution < 1.29 is 9.59 Å². The maximum atomic E-state index is 12.2. The molecule has 0 unspecified atom stereocenters. The minimum Gasteiger partial charge on any atom is -0.343 e. The van der Waals surface area contributed by atoms with E-state index in [9.17, 15) is 9.59 Å². The van der Waals surface area contributed by atoms with Gasteiger partial charge in [0.2, 0.25) is 0 Å². The van der Waals surface area contributed by atoms with Crippen LogP contribution in [0.2, 0.25) is 10.0 Å². The molecule has 0 saturated carbocycles. The fourth-order valence-electron chi connectivity index (χ4n) is 3.14. The van der Waals surface area contributed by atoms with Gasteiger partial charge in [-0.2, -0.15) is 10.2 Å². The number of benzene rings is 3. The lowest BCUT2D eigenvalue weighted by molar-refractivity contribution is -0.120. The van der Waals surface area contributed by atoms with Crippen molar-refractivity contribution in [2.75, 3.05) is 6.54 Å². The van der Waals surface area contributed by atoms with Crippen molar-refractivity contribution in [2.45, 2.75) is 0 Å². The van der Waals surface area contributed by atoms with Crippen LogP contribution in [0.1, 0.15) is 15.9 Å². The van der Waals surface area contributed by atoms with Crippen LogP contribution >= 0.6 is 39.1 Å². The maximum Gasteiger partial charge on any atom is 0.259 e. The molecule has 0 aliphatic rings. The summed E-state index contributed by atoms with van der Waals surface area (Å²) in [5.41, 5.74) is 5.90. The van der Waals surface area contributed by atoms with Gasteiger partial charge in [0.05, 0.1) is 28.5 Å². The Hall–Kier alpha value is -3.46. The molecule has 1 aromatic heterocycles. The lowest BCUT2D eigenvalue weighted by Gasteiger charge is -2.05. The van der Waals surface area contributed by atoms with Crippen molar-refractivity contribution in [3.05, 3.63) is 105 Å². The number of hydrogen-bond donors (Lipinski definition) is 2. The van der Waals surface area contributed by atoms with Crippen LogP contribution in [0, 0.1) is 0 Å². The zero-order valence-corrected chi connectivity index (χ0v) is 21.2. The molecule has 0 aliphatic heterocycles. The molecule has 3 aromatic carbocycles. The number of nitrogens with zero attached hydrogens (tertiary/aromatic N) is 3. The molecule has 2 amide bonds. The molecule has 10 heteroatoms. The number of carbonyl (C=O) groups is 2. The van der Waals surface area contributed by atoms with Crippen LogP contribution < -0.4 is 10.7 Å². The van der Waals surface area contributed by atoms with E-state index in [1.54, 1.807) is 4.68 Å². The number of hydrazone groups is 1. The fraction of sp³-hybridized carbons (Fsp3) is 0.0400. The van der Waals surface area contributed by atoms with E-state index in [0.717, 1.165) is 15.7 Å². The summed E-state index contributed by atoms with van der Waals surface area (Å²) in [5.74, 6) is -0.945. The summed E-state index contributed by atoms with van der Waals surface area (Å²) in [7, 11) is 0. The first-order chi connectivity index (χ1) is 16.9. The van der Waals surface area contributed by atoms with Crippen LogP contribution in [0.3, 0.4) is 0 Å². The van der Waals surface area contributed by atoms with Gasteiger partial charge in [-0.3, -0.25) is 9.59 Å². The second-order valence-corrected chi connectivity index (χ2v) is 9.05. The molecule has 1 heterocycles. The predicted molar refractivity (Wildman–Crippen MR) is 141 cm³/mol. The second kappa shape index (κ2) is 11.3. The third-order valence-electron chi connectivity index (χ3n) is 4.87. The number of hydrogen-bond acceptors (Lipinski definition) is 4. The van der Waals surface area contributed by atoms with E-state index in [2.05, 4.69) is 31.8 Å². The van der Waals surface area contributed by atoms with Crippen molar-refractivity contribution in [1.29, 1.82) is 0 Å². The molecule has 4 aromatic rings. The monoisotopic (exact) mass is 569 g/mol. The normalized spacial score (nSPS) is 10.9. The van der Waals surface area contributed by atoms with E-state index in [0.29, 0.717) is 21.8 Å². The molecule has 176 valence electrons. The van der Waals surface area contributed by atoms with E-state index >= 15 is 0 Å². The van der Waals surface area contributed by atoms with Crippen LogP contribution in [0.4, 0.5) is 0 Å². The second-order valence-electron chi connectivity index (χ2n) is 7.32. The summed E-state index contributed by atoms with van der Waals surface area (Å²) in [6.45, 7) is -0.265. The Kier molecular flexibility index (Phi) is 7.97. The van der Waals surface area contributed by atoms with E-state index in [4.69, 9.17) is 28.3 Å². The van der Waals surface area contributed by atoms with Crippen LogP contribution in [0.15, 0.2) is 88.6 Å². The third kappa shape index (κ3) is 6.36. The molecule has 0 aliphatic carbocycles. The SMILES string of the molecule is O=C(CNC(=O)c1ccc(Cl)c(Cl)c1)N/N=C\c1cn(-c2ccccc2)nc1-c1ccc(Br)cc1. The minimum atomic E-state index is -0.490. The highest BCUT2D eigenvalue weighted by molar-refractivity contribution is 9.10. The highest BCUT2D eigenvalue weighted by atomic mass is 79.9. The summed E-state index contributed by atoms with van der Waals surface area (Å²) < 4.78 is 2.70. The van der Waals surface area contributed by atoms with Crippen molar-refractivity contribution >= 4 is 57.2 Å². The van der Waals surface area contributed by atoms with E-state index in [-0.39, 0.29) is 11.6 Å². The van der Waals surface area contributed by atoms with E-state index in [1.807, 2.05) is 60.8 Å². The summed E-state index contributed by atoms with van der Waals surface area (Å²) in [5, 5.41) is 11.9. The summed E-state index contributed by atoms with van der Waals surface area (Å²) in [6.07, 6.45) is 3.34. The topological polar surface area (TPSA) is 88.4 Å². The average Bonchev–Trinajstić information content (AvgIpc) is 3.29. The summed E-state index contributed by atoms with van der Waals surface area (Å²) >= 11 is 15.2. The van der Waals surface area contributed by atoms with Crippen molar-refractivity contribution in [1.82, 2.24) is 20.5 Å². The Morgan fingerprint density at radius 1 is 1.00 bits per heavy atom. The molecule has 0 fully saturated rings. The van der Waals surface area contributed by atoms with Gasteiger partial charge in [0.25, 0.3) is 11.8 Å². The zero-order chi connectivity index (χ0) is 24.8. The molecule has 4 rings (SSSR count). The highest BCUT2D eigenvalue weighted by Gasteiger charge is 2.12. The third-order valence-corrected chi connectivity index (χ3v) is 6.13. The summed E-state index contributed by atoms with van der Waals surface area (Å²) in [6, 6.07) is 21.9. The van der Waals surface area contributed by atoms with Gasteiger partial charge in [-0.25, -0.2) is 10.1 Å². The van der Waals surface area contributed by atoms with Gasteiger partial charge >= 0.3 is 0 Å². The molecule has 0 spiro atoms. The fourth-order valence-corrected chi connectivity index (χ4v) is 3.70. The Bertz CT molecular complexity index is 1390. The largest absolute Gasteiger partial charge is 0.343 e. The molecule has 0 bridgehead atoms. The van der Waals surface area contributed by atoms with Gasteiger partial charge < -0.3 is 5.32 Å². The molecule has 0 radical (unpaired) electrons. The number of aromatic nitrogens is 2. The van der Waals surface area contributed by atoms with E-state index in [1.165, 1.54) is 24.4 Å². The van der Waals surface area contributed by atoms with Gasteiger partial charge in [0.1, 0.15) is 5.69 Å². The first-order valence-electron chi connectivity index (χ1n) is 10.4. The first kappa shape index (κ1) is 24.7. The van der Waals surface area contributed by atoms with Gasteiger partial charge in [-0.1, -0.05) is 69.5 Å². The Balaban J connectivity index is 1.45. The van der Waals surface area contributed by atoms with Gasteiger partial charge in [-0.05, 0) is 42.5 Å². The molecule has 0 saturated heterocycles. The van der Waals surface area contributed by atoms with Gasteiger partial charge in [0.15, 0.2) is 0 Å². The quantitative estimate of drug-likeness (QED) is 0.227. The number of amides is 2. The molecule has 35 heavy (non-hydrogen) atoms. The Labute approximate surface area is 219 Å². The number of carbonyl (C=O) groups excluding carboxylic acids is 2. The first-order valence-corrected chi connectivity index (χ1v) is 11.9. The Morgan fingerprint density at radius 2 is 1.74 bits per heavy atom. The predicted octanol–water partition coefficient (Wildman–Crippen LogP) is 5.49. The van der Waals surface area contributed by atoms with Crippen molar-refractivity contribution in [3.8, 4) is 16.9 Å². The molecular formula is C25H18BrCl2N5O2. The molecule has 0 atom stereocenters. The van der Waals surface area contributed by atoms with Gasteiger partial charge in [0, 0.05) is 27.4 Å². The smallest absolute Gasteiger partial charge is 0.259 e. The molecule has 7 nitrogen and oxygen atoms in total. The standard InChI is InChI=1S/C25H18BrCl2N5O2/c26-19-9-6-16(7-10-19)24-18(15-33(32-24)20-4-2-1-3-5-20)13-30-31-23(34)14-29-25(35)17-8-11-21(27)22(28)12-17/h1-13,15H,14H2,(H,29,35)(H,31,34)/b30-13-. The minimum absolute atomic E-state index is 0.256. The van der Waals surface area contributed by atoms with E-state index < -0.39 is 11.8 Å². The lowest BCUT2D eigenvalue weighted by atomic mass is 10.1. The highest BCUT2D eigenvalue weighted by Crippen LogP contribution is 2.25. The van der Waals surface area contributed by atoms with Crippen LogP contribution in [0.5, 0.6) is 0 Å². The van der Waals surface area contributed by atoms with Crippen LogP contribution in [0.25, 0.3) is 16.9 Å². The number of nitrogens with one attached hydrogen (secondary N) is 2. The van der Waals surface area contributed by atoms with Crippen LogP contribution in [-0.2, 0) is 4.79 Å². The van der Waals surface area contributed by atoms with Crippen molar-refractivity contribution in [3.63, 3.8) is 0 Å². The average molecular weight is 571 g/mol. The molecular weight excluding hydrogens is 553 g/mol. The summed E-state index contributed by atoms with van der Waals surface area (Å²) in [4.78, 5) is 24.4. The number of para-hydroxylation sites is 1. The Morgan fingerprint density at radius 3 is 2.46 bits per heavy atom. The number of rotatable bonds is 7. The zero-order valence-electron chi connectivity index (χ0n) is 18.1. The van der Waals surface area contributed by atoms with Crippen molar-refractivity contribution in [2.24, 2.45) is 5.10 Å². The lowest BCUT2D eigenvalue weighted by Crippen LogP contribution is -2.34. The molecule has 2 N–H and O–H groups in total. The maximum absolute atomic E-state index is 12.2. The van der Waals surface area contributed by atoms with Crippen LogP contribution in [-0.4, -0.2) is 34.4 Å². The van der Waals surface area contributed by atoms with Gasteiger partial charge in [-0.15, -0.1) is 0 Å². The number of halogens is 3.